The minimum absolute atomic E-state index is 0.242. The van der Waals surface area contributed by atoms with E-state index >= 15 is 0 Å². The van der Waals surface area contributed by atoms with Crippen LogP contribution in [0.2, 0.25) is 0 Å². The van der Waals surface area contributed by atoms with E-state index in [0.29, 0.717) is 5.92 Å². The SMILES string of the molecule is CCC(c1cccc(C)c1)C(C)N. The van der Waals surface area contributed by atoms with Gasteiger partial charge in [-0.25, -0.2) is 0 Å². The van der Waals surface area contributed by atoms with E-state index in [1.165, 1.54) is 11.1 Å². The smallest absolute Gasteiger partial charge is 0.00792 e. The van der Waals surface area contributed by atoms with Crippen molar-refractivity contribution in [1.82, 2.24) is 0 Å². The maximum atomic E-state index is 5.93. The molecule has 0 aromatic heterocycles. The van der Waals surface area contributed by atoms with Gasteiger partial charge in [0.05, 0.1) is 0 Å². The monoisotopic (exact) mass is 177 g/mol. The van der Waals surface area contributed by atoms with E-state index in [4.69, 9.17) is 5.73 Å². The summed E-state index contributed by atoms with van der Waals surface area (Å²) in [5.74, 6) is 0.500. The highest BCUT2D eigenvalue weighted by Crippen LogP contribution is 2.22. The van der Waals surface area contributed by atoms with E-state index in [1.807, 2.05) is 0 Å². The first-order valence-corrected chi connectivity index (χ1v) is 4.97. The van der Waals surface area contributed by atoms with Crippen molar-refractivity contribution >= 4 is 0 Å². The van der Waals surface area contributed by atoms with Crippen LogP contribution >= 0.6 is 0 Å². The molecule has 13 heavy (non-hydrogen) atoms. The van der Waals surface area contributed by atoms with E-state index < -0.39 is 0 Å². The minimum atomic E-state index is 0.242. The summed E-state index contributed by atoms with van der Waals surface area (Å²) in [7, 11) is 0. The molecule has 0 aliphatic carbocycles. The first kappa shape index (κ1) is 10.3. The average Bonchev–Trinajstić information content (AvgIpc) is 2.04. The molecule has 0 fully saturated rings. The Morgan fingerprint density at radius 3 is 2.54 bits per heavy atom. The number of hydrogen-bond donors (Lipinski definition) is 1. The molecule has 0 aliphatic rings. The van der Waals surface area contributed by atoms with Crippen LogP contribution in [0.25, 0.3) is 0 Å². The molecule has 2 unspecified atom stereocenters. The molecule has 1 rings (SSSR count). The van der Waals surface area contributed by atoms with Gasteiger partial charge in [0, 0.05) is 6.04 Å². The summed E-state index contributed by atoms with van der Waals surface area (Å²) in [4.78, 5) is 0. The van der Waals surface area contributed by atoms with Gasteiger partial charge in [-0.15, -0.1) is 0 Å². The normalized spacial score (nSPS) is 15.4. The summed E-state index contributed by atoms with van der Waals surface area (Å²) in [5.41, 5.74) is 8.62. The summed E-state index contributed by atoms with van der Waals surface area (Å²) in [5, 5.41) is 0. The molecule has 72 valence electrons. The third-order valence-electron chi connectivity index (χ3n) is 2.54. The van der Waals surface area contributed by atoms with Crippen LogP contribution in [0.5, 0.6) is 0 Å². The van der Waals surface area contributed by atoms with Gasteiger partial charge in [-0.2, -0.15) is 0 Å². The van der Waals surface area contributed by atoms with Crippen LogP contribution in [0.4, 0.5) is 0 Å². The predicted octanol–water partition coefficient (Wildman–Crippen LogP) is 2.84. The number of benzene rings is 1. The summed E-state index contributed by atoms with van der Waals surface area (Å²) >= 11 is 0. The van der Waals surface area contributed by atoms with Gasteiger partial charge in [-0.05, 0) is 31.7 Å². The molecule has 1 aromatic rings. The van der Waals surface area contributed by atoms with Crippen molar-refractivity contribution in [2.45, 2.75) is 39.2 Å². The molecule has 0 bridgehead atoms. The molecule has 0 saturated carbocycles. The Morgan fingerprint density at radius 1 is 1.38 bits per heavy atom. The molecule has 0 heterocycles. The fourth-order valence-corrected chi connectivity index (χ4v) is 1.81. The van der Waals surface area contributed by atoms with Gasteiger partial charge < -0.3 is 5.73 Å². The van der Waals surface area contributed by atoms with Crippen molar-refractivity contribution in [2.75, 3.05) is 0 Å². The molecular formula is C12H19N. The van der Waals surface area contributed by atoms with E-state index in [1.54, 1.807) is 0 Å². The summed E-state index contributed by atoms with van der Waals surface area (Å²) in [6.45, 7) is 6.39. The number of rotatable bonds is 3. The van der Waals surface area contributed by atoms with Crippen molar-refractivity contribution in [1.29, 1.82) is 0 Å². The van der Waals surface area contributed by atoms with Crippen molar-refractivity contribution in [2.24, 2.45) is 5.73 Å². The number of hydrogen-bond acceptors (Lipinski definition) is 1. The lowest BCUT2D eigenvalue weighted by Crippen LogP contribution is -2.24. The van der Waals surface area contributed by atoms with Gasteiger partial charge in [0.1, 0.15) is 0 Å². The standard InChI is InChI=1S/C12H19N/c1-4-12(10(3)13)11-7-5-6-9(2)8-11/h5-8,10,12H,4,13H2,1-3H3. The topological polar surface area (TPSA) is 26.0 Å². The predicted molar refractivity (Wildman–Crippen MR) is 57.9 cm³/mol. The summed E-state index contributed by atoms with van der Waals surface area (Å²) in [6, 6.07) is 8.88. The molecule has 0 radical (unpaired) electrons. The first-order valence-electron chi connectivity index (χ1n) is 4.97. The van der Waals surface area contributed by atoms with E-state index in [2.05, 4.69) is 45.0 Å². The molecule has 1 nitrogen and oxygen atoms in total. The van der Waals surface area contributed by atoms with Gasteiger partial charge in [0.2, 0.25) is 0 Å². The molecule has 0 amide bonds. The highest BCUT2D eigenvalue weighted by molar-refractivity contribution is 5.26. The maximum absolute atomic E-state index is 5.93. The van der Waals surface area contributed by atoms with Crippen LogP contribution in [0, 0.1) is 6.92 Å². The average molecular weight is 177 g/mol. The van der Waals surface area contributed by atoms with E-state index in [0.717, 1.165) is 6.42 Å². The zero-order valence-electron chi connectivity index (χ0n) is 8.75. The fraction of sp³-hybridized carbons (Fsp3) is 0.500. The lowest BCUT2D eigenvalue weighted by Gasteiger charge is -2.19. The Hall–Kier alpha value is -0.820. The largest absolute Gasteiger partial charge is 0.327 e. The summed E-state index contributed by atoms with van der Waals surface area (Å²) < 4.78 is 0. The molecule has 0 aliphatic heterocycles. The Labute approximate surface area is 81.0 Å². The van der Waals surface area contributed by atoms with Gasteiger partial charge in [0.15, 0.2) is 0 Å². The van der Waals surface area contributed by atoms with Crippen LogP contribution in [-0.4, -0.2) is 6.04 Å². The second-order valence-electron chi connectivity index (χ2n) is 3.79. The quantitative estimate of drug-likeness (QED) is 0.755. The zero-order valence-corrected chi connectivity index (χ0v) is 8.75. The van der Waals surface area contributed by atoms with Gasteiger partial charge in [-0.3, -0.25) is 0 Å². The van der Waals surface area contributed by atoms with Crippen molar-refractivity contribution in [3.63, 3.8) is 0 Å². The van der Waals surface area contributed by atoms with E-state index in [9.17, 15) is 0 Å². The molecule has 0 saturated heterocycles. The van der Waals surface area contributed by atoms with Gasteiger partial charge in [-0.1, -0.05) is 36.8 Å². The minimum Gasteiger partial charge on any atom is -0.327 e. The van der Waals surface area contributed by atoms with E-state index in [-0.39, 0.29) is 6.04 Å². The Bertz CT molecular complexity index is 266. The van der Waals surface area contributed by atoms with Crippen molar-refractivity contribution in [3.8, 4) is 0 Å². The molecule has 1 heteroatoms. The lowest BCUT2D eigenvalue weighted by atomic mass is 9.90. The lowest BCUT2D eigenvalue weighted by molar-refractivity contribution is 0.552. The van der Waals surface area contributed by atoms with Crippen LogP contribution < -0.4 is 5.73 Å². The molecule has 0 spiro atoms. The van der Waals surface area contributed by atoms with Crippen molar-refractivity contribution in [3.05, 3.63) is 35.4 Å². The maximum Gasteiger partial charge on any atom is 0.00792 e. The number of aryl methyl sites for hydroxylation is 1. The second kappa shape index (κ2) is 4.43. The Kier molecular flexibility index (Phi) is 3.49. The fourth-order valence-electron chi connectivity index (χ4n) is 1.81. The summed E-state index contributed by atoms with van der Waals surface area (Å²) in [6.07, 6.45) is 1.11. The molecule has 1 aromatic carbocycles. The Balaban J connectivity index is 2.91. The highest BCUT2D eigenvalue weighted by atomic mass is 14.6. The van der Waals surface area contributed by atoms with Crippen LogP contribution in [0.3, 0.4) is 0 Å². The van der Waals surface area contributed by atoms with Crippen LogP contribution in [0.15, 0.2) is 24.3 Å². The number of nitrogens with two attached hydrogens (primary N) is 1. The van der Waals surface area contributed by atoms with Crippen LogP contribution in [-0.2, 0) is 0 Å². The third kappa shape index (κ3) is 2.56. The van der Waals surface area contributed by atoms with Gasteiger partial charge in [0.25, 0.3) is 0 Å². The molecule has 2 atom stereocenters. The molecular weight excluding hydrogens is 158 g/mol. The Morgan fingerprint density at radius 2 is 2.08 bits per heavy atom. The third-order valence-corrected chi connectivity index (χ3v) is 2.54. The van der Waals surface area contributed by atoms with Crippen molar-refractivity contribution < 1.29 is 0 Å². The second-order valence-corrected chi connectivity index (χ2v) is 3.79. The molecule has 2 N–H and O–H groups in total. The first-order chi connectivity index (χ1) is 6.15. The van der Waals surface area contributed by atoms with Gasteiger partial charge >= 0.3 is 0 Å². The highest BCUT2D eigenvalue weighted by Gasteiger charge is 2.13. The zero-order chi connectivity index (χ0) is 9.84. The van der Waals surface area contributed by atoms with Crippen LogP contribution in [0.1, 0.15) is 37.3 Å².